The third-order valence-corrected chi connectivity index (χ3v) is 3.17. The Labute approximate surface area is 108 Å². The van der Waals surface area contributed by atoms with Crippen LogP contribution in [0.5, 0.6) is 0 Å². The number of fused-ring (bicyclic) bond motifs is 1. The Bertz CT molecular complexity index is 504. The van der Waals surface area contributed by atoms with Crippen molar-refractivity contribution in [2.24, 2.45) is 0 Å². The molecule has 98 valence electrons. The van der Waals surface area contributed by atoms with Crippen LogP contribution in [-0.2, 0) is 6.54 Å². The van der Waals surface area contributed by atoms with E-state index in [-0.39, 0.29) is 6.10 Å². The summed E-state index contributed by atoms with van der Waals surface area (Å²) >= 11 is 0. The molecule has 1 aromatic heterocycles. The standard InChI is InChI=1S/C14H21N3O/c1-10(2)17(8-11(3)18)9-13-6-4-5-12-7-15-16-14(12)13/h4-7,10-11,18H,8-9H2,1-3H3,(H,15,16). The Hall–Kier alpha value is -1.39. The van der Waals surface area contributed by atoms with Gasteiger partial charge in [0.1, 0.15) is 0 Å². The zero-order valence-electron chi connectivity index (χ0n) is 11.2. The number of aliphatic hydroxyl groups excluding tert-OH is 1. The smallest absolute Gasteiger partial charge is 0.0695 e. The van der Waals surface area contributed by atoms with Gasteiger partial charge >= 0.3 is 0 Å². The van der Waals surface area contributed by atoms with Gasteiger partial charge in [-0.25, -0.2) is 0 Å². The Morgan fingerprint density at radius 3 is 2.78 bits per heavy atom. The molecule has 1 unspecified atom stereocenters. The number of nitrogens with one attached hydrogen (secondary N) is 1. The normalized spacial score (nSPS) is 13.7. The molecule has 1 aromatic carbocycles. The molecule has 0 bridgehead atoms. The summed E-state index contributed by atoms with van der Waals surface area (Å²) in [7, 11) is 0. The second kappa shape index (κ2) is 5.50. The average Bonchev–Trinajstić information content (AvgIpc) is 2.76. The van der Waals surface area contributed by atoms with Gasteiger partial charge in [-0.1, -0.05) is 18.2 Å². The molecular formula is C14H21N3O. The summed E-state index contributed by atoms with van der Waals surface area (Å²) in [5.74, 6) is 0. The summed E-state index contributed by atoms with van der Waals surface area (Å²) in [4.78, 5) is 2.26. The van der Waals surface area contributed by atoms with Crippen molar-refractivity contribution in [2.75, 3.05) is 6.54 Å². The molecule has 2 rings (SSSR count). The molecular weight excluding hydrogens is 226 g/mol. The molecule has 0 spiro atoms. The number of para-hydroxylation sites is 1. The fourth-order valence-corrected chi connectivity index (χ4v) is 2.18. The minimum atomic E-state index is -0.312. The molecule has 4 nitrogen and oxygen atoms in total. The highest BCUT2D eigenvalue weighted by atomic mass is 16.3. The third-order valence-electron chi connectivity index (χ3n) is 3.17. The van der Waals surface area contributed by atoms with Crippen LogP contribution in [0, 0.1) is 0 Å². The first-order chi connectivity index (χ1) is 8.58. The molecule has 0 amide bonds. The van der Waals surface area contributed by atoms with Crippen molar-refractivity contribution in [1.29, 1.82) is 0 Å². The molecule has 0 aliphatic rings. The summed E-state index contributed by atoms with van der Waals surface area (Å²) in [5.41, 5.74) is 2.31. The quantitative estimate of drug-likeness (QED) is 0.851. The highest BCUT2D eigenvalue weighted by Crippen LogP contribution is 2.18. The number of nitrogens with zero attached hydrogens (tertiary/aromatic N) is 2. The number of rotatable bonds is 5. The third kappa shape index (κ3) is 2.89. The minimum absolute atomic E-state index is 0.312. The van der Waals surface area contributed by atoms with Crippen LogP contribution in [0.1, 0.15) is 26.3 Å². The number of hydrogen-bond acceptors (Lipinski definition) is 3. The van der Waals surface area contributed by atoms with Crippen molar-refractivity contribution in [3.05, 3.63) is 30.0 Å². The predicted molar refractivity (Wildman–Crippen MR) is 73.3 cm³/mol. The number of H-pyrrole nitrogens is 1. The second-order valence-corrected chi connectivity index (χ2v) is 5.12. The largest absolute Gasteiger partial charge is 0.392 e. The number of aliphatic hydroxyl groups is 1. The zero-order chi connectivity index (χ0) is 13.1. The van der Waals surface area contributed by atoms with E-state index in [1.54, 1.807) is 0 Å². The van der Waals surface area contributed by atoms with E-state index in [4.69, 9.17) is 0 Å². The number of aromatic amines is 1. The Balaban J connectivity index is 2.22. The Kier molecular flexibility index (Phi) is 3.99. The maximum Gasteiger partial charge on any atom is 0.0695 e. The molecule has 1 atom stereocenters. The van der Waals surface area contributed by atoms with Crippen molar-refractivity contribution in [3.63, 3.8) is 0 Å². The van der Waals surface area contributed by atoms with E-state index >= 15 is 0 Å². The van der Waals surface area contributed by atoms with Crippen LogP contribution in [0.2, 0.25) is 0 Å². The lowest BCUT2D eigenvalue weighted by Crippen LogP contribution is -2.36. The first-order valence-corrected chi connectivity index (χ1v) is 6.41. The Morgan fingerprint density at radius 1 is 1.33 bits per heavy atom. The second-order valence-electron chi connectivity index (χ2n) is 5.12. The van der Waals surface area contributed by atoms with Crippen LogP contribution in [0.15, 0.2) is 24.4 Å². The van der Waals surface area contributed by atoms with Crippen LogP contribution in [0.25, 0.3) is 10.9 Å². The van der Waals surface area contributed by atoms with Crippen molar-refractivity contribution < 1.29 is 5.11 Å². The van der Waals surface area contributed by atoms with Gasteiger partial charge in [0.2, 0.25) is 0 Å². The highest BCUT2D eigenvalue weighted by molar-refractivity contribution is 5.81. The summed E-state index contributed by atoms with van der Waals surface area (Å²) < 4.78 is 0. The Morgan fingerprint density at radius 2 is 2.11 bits per heavy atom. The lowest BCUT2D eigenvalue weighted by molar-refractivity contribution is 0.103. The summed E-state index contributed by atoms with van der Waals surface area (Å²) in [6.45, 7) is 7.63. The van der Waals surface area contributed by atoms with Crippen LogP contribution in [0.4, 0.5) is 0 Å². The van der Waals surface area contributed by atoms with Gasteiger partial charge in [-0.15, -0.1) is 0 Å². The number of hydrogen-bond donors (Lipinski definition) is 2. The average molecular weight is 247 g/mol. The van der Waals surface area contributed by atoms with E-state index in [0.717, 1.165) is 17.4 Å². The molecule has 18 heavy (non-hydrogen) atoms. The van der Waals surface area contributed by atoms with Gasteiger partial charge in [-0.2, -0.15) is 5.10 Å². The van der Waals surface area contributed by atoms with Gasteiger partial charge in [0.25, 0.3) is 0 Å². The molecule has 2 N–H and O–H groups in total. The first-order valence-electron chi connectivity index (χ1n) is 6.41. The maximum absolute atomic E-state index is 9.56. The van der Waals surface area contributed by atoms with E-state index in [0.29, 0.717) is 12.6 Å². The molecule has 1 heterocycles. The summed E-state index contributed by atoms with van der Waals surface area (Å²) in [6, 6.07) is 6.61. The molecule has 0 saturated heterocycles. The minimum Gasteiger partial charge on any atom is -0.392 e. The first kappa shape index (κ1) is 13.1. The van der Waals surface area contributed by atoms with Crippen molar-refractivity contribution in [3.8, 4) is 0 Å². The molecule has 0 aliphatic carbocycles. The molecule has 0 aliphatic heterocycles. The van der Waals surface area contributed by atoms with Gasteiger partial charge in [-0.05, 0) is 26.3 Å². The van der Waals surface area contributed by atoms with E-state index in [2.05, 4.69) is 41.1 Å². The fourth-order valence-electron chi connectivity index (χ4n) is 2.18. The molecule has 0 fully saturated rings. The lowest BCUT2D eigenvalue weighted by Gasteiger charge is -2.27. The van der Waals surface area contributed by atoms with E-state index in [9.17, 15) is 5.11 Å². The molecule has 2 aromatic rings. The number of benzene rings is 1. The summed E-state index contributed by atoms with van der Waals surface area (Å²) in [5, 5.41) is 17.8. The highest BCUT2D eigenvalue weighted by Gasteiger charge is 2.14. The van der Waals surface area contributed by atoms with Gasteiger partial charge in [0.05, 0.1) is 17.8 Å². The van der Waals surface area contributed by atoms with Crippen LogP contribution < -0.4 is 0 Å². The van der Waals surface area contributed by atoms with Gasteiger partial charge < -0.3 is 5.11 Å². The van der Waals surface area contributed by atoms with E-state index in [1.807, 2.05) is 19.2 Å². The van der Waals surface area contributed by atoms with Gasteiger partial charge in [0.15, 0.2) is 0 Å². The van der Waals surface area contributed by atoms with Crippen LogP contribution >= 0.6 is 0 Å². The number of aromatic nitrogens is 2. The predicted octanol–water partition coefficient (Wildman–Crippen LogP) is 2.15. The molecule has 0 saturated carbocycles. The monoisotopic (exact) mass is 247 g/mol. The van der Waals surface area contributed by atoms with Crippen molar-refractivity contribution in [1.82, 2.24) is 15.1 Å². The van der Waals surface area contributed by atoms with Crippen LogP contribution in [-0.4, -0.2) is 38.9 Å². The zero-order valence-corrected chi connectivity index (χ0v) is 11.2. The summed E-state index contributed by atoms with van der Waals surface area (Å²) in [6.07, 6.45) is 1.53. The van der Waals surface area contributed by atoms with Crippen LogP contribution in [0.3, 0.4) is 0 Å². The van der Waals surface area contributed by atoms with Gasteiger partial charge in [-0.3, -0.25) is 10.00 Å². The van der Waals surface area contributed by atoms with E-state index in [1.165, 1.54) is 5.56 Å². The van der Waals surface area contributed by atoms with Crippen molar-refractivity contribution >= 4 is 10.9 Å². The SMILES string of the molecule is CC(O)CN(Cc1cccc2cn[nH]c12)C(C)C. The van der Waals surface area contributed by atoms with Gasteiger partial charge in [0, 0.05) is 24.5 Å². The van der Waals surface area contributed by atoms with E-state index < -0.39 is 0 Å². The van der Waals surface area contributed by atoms with Crippen molar-refractivity contribution in [2.45, 2.75) is 39.5 Å². The molecule has 4 heteroatoms. The fraction of sp³-hybridized carbons (Fsp3) is 0.500. The molecule has 0 radical (unpaired) electrons. The lowest BCUT2D eigenvalue weighted by atomic mass is 10.1. The topological polar surface area (TPSA) is 52.1 Å². The maximum atomic E-state index is 9.56.